The third-order valence-corrected chi connectivity index (χ3v) is 2.90. The van der Waals surface area contributed by atoms with Gasteiger partial charge in [0.2, 0.25) is 0 Å². The first kappa shape index (κ1) is 12.1. The second kappa shape index (κ2) is 4.25. The molecule has 1 aliphatic rings. The fraction of sp³-hybridized carbons (Fsp3) is 0.714. The van der Waals surface area contributed by atoms with Crippen LogP contribution in [0.1, 0.15) is 19.8 Å². The van der Waals surface area contributed by atoms with Crippen molar-refractivity contribution in [3.8, 4) is 0 Å². The van der Waals surface area contributed by atoms with Crippen molar-refractivity contribution in [3.63, 3.8) is 0 Å². The number of nitrogens with zero attached hydrogens (tertiary/aromatic N) is 1. The summed E-state index contributed by atoms with van der Waals surface area (Å²) < 4.78 is 31.8. The Kier molecular flexibility index (Phi) is 3.42. The van der Waals surface area contributed by atoms with Gasteiger partial charge in [-0.15, -0.1) is 0 Å². The highest BCUT2D eigenvalue weighted by molar-refractivity contribution is 7.87. The quantitative estimate of drug-likeness (QED) is 0.458. The second-order valence-corrected chi connectivity index (χ2v) is 4.60. The maximum atomic E-state index is 11.3. The summed E-state index contributed by atoms with van der Waals surface area (Å²) in [4.78, 5) is 27.1. The highest BCUT2D eigenvalue weighted by Crippen LogP contribution is 2.19. The summed E-state index contributed by atoms with van der Waals surface area (Å²) in [5, 5.41) is -1.47. The number of hydrogen-bond donors (Lipinski definition) is 0. The van der Waals surface area contributed by atoms with Crippen LogP contribution >= 0.6 is 0 Å². The second-order valence-electron chi connectivity index (χ2n) is 3.05. The normalized spacial score (nSPS) is 22.5. The molecule has 0 aromatic heterocycles. The molecule has 0 spiro atoms. The lowest BCUT2D eigenvalue weighted by Gasteiger charge is -2.15. The van der Waals surface area contributed by atoms with E-state index >= 15 is 0 Å². The molecule has 86 valence electrons. The van der Waals surface area contributed by atoms with E-state index in [9.17, 15) is 22.6 Å². The number of carbonyl (C=O) groups is 2. The Morgan fingerprint density at radius 2 is 2.13 bits per heavy atom. The van der Waals surface area contributed by atoms with Crippen molar-refractivity contribution >= 4 is 21.9 Å². The van der Waals surface area contributed by atoms with Crippen LogP contribution in [0.2, 0.25) is 0 Å². The third-order valence-electron chi connectivity index (χ3n) is 1.84. The van der Waals surface area contributed by atoms with E-state index in [1.165, 1.54) is 0 Å². The van der Waals surface area contributed by atoms with Crippen LogP contribution in [-0.4, -0.2) is 41.7 Å². The summed E-state index contributed by atoms with van der Waals surface area (Å²) in [7, 11) is -4.78. The fourth-order valence-electron chi connectivity index (χ4n) is 1.13. The zero-order valence-corrected chi connectivity index (χ0v) is 8.82. The van der Waals surface area contributed by atoms with Crippen LogP contribution in [0.3, 0.4) is 0 Å². The molecule has 0 aromatic rings. The van der Waals surface area contributed by atoms with Gasteiger partial charge in [-0.2, -0.15) is 5.06 Å². The summed E-state index contributed by atoms with van der Waals surface area (Å²) in [5.74, 6) is -1.89. The van der Waals surface area contributed by atoms with Gasteiger partial charge in [0.1, 0.15) is 15.4 Å². The van der Waals surface area contributed by atoms with Gasteiger partial charge in [-0.05, 0) is 6.42 Å². The Balaban J connectivity index is 2.80. The van der Waals surface area contributed by atoms with Gasteiger partial charge in [-0.25, -0.2) is 8.42 Å². The summed E-state index contributed by atoms with van der Waals surface area (Å²) in [6, 6.07) is 0. The molecule has 1 saturated heterocycles. The summed E-state index contributed by atoms with van der Waals surface area (Å²) in [6.45, 7) is 1.87. The van der Waals surface area contributed by atoms with Gasteiger partial charge in [0.25, 0.3) is 11.8 Å². The van der Waals surface area contributed by atoms with Crippen LogP contribution in [-0.2, 0) is 24.5 Å². The molecule has 0 N–H and O–H groups in total. The molecule has 1 aliphatic heterocycles. The molecule has 0 radical (unpaired) electrons. The molecule has 8 heteroatoms. The monoisotopic (exact) mass is 236 g/mol. The fourth-order valence-corrected chi connectivity index (χ4v) is 1.82. The average molecular weight is 236 g/mol. The molecule has 1 heterocycles. The van der Waals surface area contributed by atoms with Crippen LogP contribution < -0.4 is 0 Å². The SMILES string of the molecule is CCCON1C(=O)CC(S(=O)(=O)[O-])C1=O. The van der Waals surface area contributed by atoms with Gasteiger partial charge in [-0.1, -0.05) is 6.92 Å². The van der Waals surface area contributed by atoms with Crippen molar-refractivity contribution in [2.45, 2.75) is 25.0 Å². The molecule has 1 fully saturated rings. The predicted octanol–water partition coefficient (Wildman–Crippen LogP) is -0.999. The molecule has 0 bridgehead atoms. The highest BCUT2D eigenvalue weighted by atomic mass is 32.2. The van der Waals surface area contributed by atoms with E-state index in [4.69, 9.17) is 4.84 Å². The van der Waals surface area contributed by atoms with Gasteiger partial charge in [-0.3, -0.25) is 14.4 Å². The minimum atomic E-state index is -4.78. The molecule has 0 saturated carbocycles. The van der Waals surface area contributed by atoms with Crippen LogP contribution in [0.4, 0.5) is 0 Å². The minimum Gasteiger partial charge on any atom is -0.747 e. The minimum absolute atomic E-state index is 0.114. The molecule has 7 nitrogen and oxygen atoms in total. The zero-order chi connectivity index (χ0) is 11.6. The maximum absolute atomic E-state index is 11.3. The van der Waals surface area contributed by atoms with Gasteiger partial charge in [0.15, 0.2) is 0 Å². The first-order valence-corrected chi connectivity index (χ1v) is 5.79. The summed E-state index contributed by atoms with van der Waals surface area (Å²) in [6.07, 6.45) is -0.0692. The van der Waals surface area contributed by atoms with Crippen molar-refractivity contribution < 1.29 is 27.4 Å². The Morgan fingerprint density at radius 1 is 1.53 bits per heavy atom. The van der Waals surface area contributed by atoms with Crippen LogP contribution in [0.15, 0.2) is 0 Å². The number of imide groups is 1. The Labute approximate surface area is 86.7 Å². The number of rotatable bonds is 4. The van der Waals surface area contributed by atoms with E-state index in [0.29, 0.717) is 11.5 Å². The van der Waals surface area contributed by atoms with Crippen molar-refractivity contribution in [1.82, 2.24) is 5.06 Å². The van der Waals surface area contributed by atoms with Crippen molar-refractivity contribution in [3.05, 3.63) is 0 Å². The lowest BCUT2D eigenvalue weighted by Crippen LogP contribution is -2.35. The lowest BCUT2D eigenvalue weighted by atomic mass is 10.4. The Morgan fingerprint density at radius 3 is 2.53 bits per heavy atom. The predicted molar refractivity (Wildman–Crippen MR) is 46.2 cm³/mol. The van der Waals surface area contributed by atoms with E-state index < -0.39 is 33.6 Å². The van der Waals surface area contributed by atoms with Crippen molar-refractivity contribution in [1.29, 1.82) is 0 Å². The molecule has 1 rings (SSSR count). The van der Waals surface area contributed by atoms with E-state index in [1.807, 2.05) is 0 Å². The third kappa shape index (κ3) is 2.52. The number of hydrogen-bond acceptors (Lipinski definition) is 6. The van der Waals surface area contributed by atoms with E-state index in [-0.39, 0.29) is 6.61 Å². The molecular formula is C7H10NO6S-. The maximum Gasteiger partial charge on any atom is 0.271 e. The van der Waals surface area contributed by atoms with Gasteiger partial charge >= 0.3 is 0 Å². The first-order chi connectivity index (χ1) is 6.88. The Hall–Kier alpha value is -0.990. The molecular weight excluding hydrogens is 226 g/mol. The van der Waals surface area contributed by atoms with Crippen molar-refractivity contribution in [2.24, 2.45) is 0 Å². The number of amides is 2. The molecule has 0 aromatic carbocycles. The number of hydroxylamine groups is 2. The van der Waals surface area contributed by atoms with Crippen LogP contribution in [0.25, 0.3) is 0 Å². The van der Waals surface area contributed by atoms with E-state index in [1.54, 1.807) is 6.92 Å². The molecule has 1 unspecified atom stereocenters. The number of carbonyl (C=O) groups excluding carboxylic acids is 2. The first-order valence-electron chi connectivity index (χ1n) is 4.32. The van der Waals surface area contributed by atoms with Crippen molar-refractivity contribution in [2.75, 3.05) is 6.61 Å². The van der Waals surface area contributed by atoms with Gasteiger partial charge in [0.05, 0.1) is 13.0 Å². The Bertz CT molecular complexity index is 375. The van der Waals surface area contributed by atoms with E-state index in [2.05, 4.69) is 0 Å². The molecule has 2 amide bonds. The van der Waals surface area contributed by atoms with Crippen LogP contribution in [0.5, 0.6) is 0 Å². The lowest BCUT2D eigenvalue weighted by molar-refractivity contribution is -0.187. The summed E-state index contributed by atoms with van der Waals surface area (Å²) in [5.41, 5.74) is 0. The smallest absolute Gasteiger partial charge is 0.271 e. The zero-order valence-electron chi connectivity index (χ0n) is 8.00. The highest BCUT2D eigenvalue weighted by Gasteiger charge is 2.43. The van der Waals surface area contributed by atoms with Gasteiger partial charge in [0, 0.05) is 0 Å². The molecule has 1 atom stereocenters. The average Bonchev–Trinajstić information content (AvgIpc) is 2.39. The standard InChI is InChI=1S/C7H11NO6S/c1-2-3-14-8-6(9)4-5(7(8)10)15(11,12)13/h5H,2-4H2,1H3,(H,11,12,13)/p-1. The molecule has 15 heavy (non-hydrogen) atoms. The van der Waals surface area contributed by atoms with Crippen LogP contribution in [0, 0.1) is 0 Å². The van der Waals surface area contributed by atoms with Gasteiger partial charge < -0.3 is 4.55 Å². The largest absolute Gasteiger partial charge is 0.747 e. The molecule has 0 aliphatic carbocycles. The summed E-state index contributed by atoms with van der Waals surface area (Å²) >= 11 is 0. The van der Waals surface area contributed by atoms with E-state index in [0.717, 1.165) is 0 Å². The topological polar surface area (TPSA) is 104 Å².